The first-order valence-electron chi connectivity index (χ1n) is 10.9. The molecule has 2 aliphatic rings. The Bertz CT molecular complexity index is 808. The summed E-state index contributed by atoms with van der Waals surface area (Å²) in [6.45, 7) is 0.824. The molecule has 4 rings (SSSR count). The zero-order valence-corrected chi connectivity index (χ0v) is 17.3. The number of methoxy groups -OCH3 is 1. The van der Waals surface area contributed by atoms with E-state index in [4.69, 9.17) is 14.5 Å². The summed E-state index contributed by atoms with van der Waals surface area (Å²) in [7, 11) is 1.44. The van der Waals surface area contributed by atoms with Crippen molar-refractivity contribution in [2.24, 2.45) is 0 Å². The molecule has 1 unspecified atom stereocenters. The monoisotopic (exact) mass is 398 g/mol. The SMILES string of the molecule is COc1ncc(CCCCC2(c3ccccn3)CCOC3(CCCC3)C2)cc1F. The molecule has 29 heavy (non-hydrogen) atoms. The second kappa shape index (κ2) is 8.78. The van der Waals surface area contributed by atoms with E-state index in [0.29, 0.717) is 0 Å². The Morgan fingerprint density at radius 1 is 1.14 bits per heavy atom. The van der Waals surface area contributed by atoms with Gasteiger partial charge in [-0.1, -0.05) is 25.3 Å². The molecule has 4 nitrogen and oxygen atoms in total. The van der Waals surface area contributed by atoms with Crippen molar-refractivity contribution in [2.75, 3.05) is 13.7 Å². The molecule has 1 aliphatic heterocycles. The van der Waals surface area contributed by atoms with Gasteiger partial charge < -0.3 is 9.47 Å². The van der Waals surface area contributed by atoms with E-state index in [-0.39, 0.29) is 22.7 Å². The van der Waals surface area contributed by atoms with Crippen molar-refractivity contribution in [3.8, 4) is 5.88 Å². The number of rotatable bonds is 7. The maximum atomic E-state index is 13.9. The number of ether oxygens (including phenoxy) is 2. The predicted octanol–water partition coefficient (Wildman–Crippen LogP) is 5.40. The molecule has 0 N–H and O–H groups in total. The first-order chi connectivity index (χ1) is 14.1. The molecule has 0 bridgehead atoms. The van der Waals surface area contributed by atoms with E-state index in [2.05, 4.69) is 17.1 Å². The summed E-state index contributed by atoms with van der Waals surface area (Å²) >= 11 is 0. The second-order valence-electron chi connectivity index (χ2n) is 8.70. The number of hydrogen-bond donors (Lipinski definition) is 0. The number of nitrogens with zero attached hydrogens (tertiary/aromatic N) is 2. The van der Waals surface area contributed by atoms with Gasteiger partial charge in [-0.15, -0.1) is 0 Å². The Labute approximate surface area is 172 Å². The van der Waals surface area contributed by atoms with Crippen molar-refractivity contribution in [1.82, 2.24) is 9.97 Å². The fourth-order valence-corrected chi connectivity index (χ4v) is 5.34. The highest BCUT2D eigenvalue weighted by Gasteiger charge is 2.48. The summed E-state index contributed by atoms with van der Waals surface area (Å²) in [5.41, 5.74) is 2.28. The van der Waals surface area contributed by atoms with Crippen LogP contribution >= 0.6 is 0 Å². The van der Waals surface area contributed by atoms with Gasteiger partial charge in [0, 0.05) is 30.1 Å². The van der Waals surface area contributed by atoms with E-state index in [1.807, 2.05) is 12.3 Å². The van der Waals surface area contributed by atoms with Gasteiger partial charge >= 0.3 is 0 Å². The van der Waals surface area contributed by atoms with Crippen LogP contribution in [-0.4, -0.2) is 29.3 Å². The smallest absolute Gasteiger partial charge is 0.250 e. The van der Waals surface area contributed by atoms with Gasteiger partial charge in [0.05, 0.1) is 12.7 Å². The van der Waals surface area contributed by atoms with Crippen LogP contribution in [0.15, 0.2) is 36.7 Å². The number of aromatic nitrogens is 2. The lowest BCUT2D eigenvalue weighted by molar-refractivity contribution is -0.104. The number of unbranched alkanes of at least 4 members (excludes halogenated alkanes) is 1. The Morgan fingerprint density at radius 3 is 2.72 bits per heavy atom. The van der Waals surface area contributed by atoms with Crippen molar-refractivity contribution in [2.45, 2.75) is 75.2 Å². The van der Waals surface area contributed by atoms with Gasteiger partial charge in [0.15, 0.2) is 5.82 Å². The number of pyridine rings is 2. The van der Waals surface area contributed by atoms with Crippen LogP contribution in [0.25, 0.3) is 0 Å². The van der Waals surface area contributed by atoms with Crippen LogP contribution < -0.4 is 4.74 Å². The first kappa shape index (κ1) is 20.3. The quantitative estimate of drug-likeness (QED) is 0.586. The molecule has 1 saturated carbocycles. The van der Waals surface area contributed by atoms with Crippen LogP contribution in [0.2, 0.25) is 0 Å². The Morgan fingerprint density at radius 2 is 2.00 bits per heavy atom. The molecular formula is C24H31FN2O2. The lowest BCUT2D eigenvalue weighted by Crippen LogP contribution is -2.46. The molecule has 156 valence electrons. The third-order valence-electron chi connectivity index (χ3n) is 6.80. The topological polar surface area (TPSA) is 44.2 Å². The maximum absolute atomic E-state index is 13.9. The highest BCUT2D eigenvalue weighted by Crippen LogP contribution is 2.50. The van der Waals surface area contributed by atoms with Gasteiger partial charge in [0.1, 0.15) is 0 Å². The highest BCUT2D eigenvalue weighted by molar-refractivity contribution is 5.22. The highest BCUT2D eigenvalue weighted by atomic mass is 19.1. The zero-order valence-electron chi connectivity index (χ0n) is 17.3. The molecule has 1 atom stereocenters. The molecule has 2 fully saturated rings. The van der Waals surface area contributed by atoms with Gasteiger partial charge in [-0.25, -0.2) is 9.37 Å². The molecule has 1 spiro atoms. The second-order valence-corrected chi connectivity index (χ2v) is 8.70. The summed E-state index contributed by atoms with van der Waals surface area (Å²) in [5, 5.41) is 0. The van der Waals surface area contributed by atoms with Crippen molar-refractivity contribution < 1.29 is 13.9 Å². The van der Waals surface area contributed by atoms with Crippen LogP contribution in [0.4, 0.5) is 4.39 Å². The largest absolute Gasteiger partial charge is 0.479 e. The van der Waals surface area contributed by atoms with Gasteiger partial charge in [0.25, 0.3) is 0 Å². The van der Waals surface area contributed by atoms with E-state index >= 15 is 0 Å². The van der Waals surface area contributed by atoms with Gasteiger partial charge in [-0.3, -0.25) is 4.98 Å². The molecule has 0 aromatic carbocycles. The van der Waals surface area contributed by atoms with Crippen LogP contribution in [0.5, 0.6) is 5.88 Å². The maximum Gasteiger partial charge on any atom is 0.250 e. The molecular weight excluding hydrogens is 367 g/mol. The third kappa shape index (κ3) is 4.45. The van der Waals surface area contributed by atoms with E-state index in [1.54, 1.807) is 12.3 Å². The number of halogens is 1. The van der Waals surface area contributed by atoms with Crippen molar-refractivity contribution >= 4 is 0 Å². The van der Waals surface area contributed by atoms with E-state index < -0.39 is 0 Å². The van der Waals surface area contributed by atoms with Crippen LogP contribution in [0, 0.1) is 5.82 Å². The third-order valence-corrected chi connectivity index (χ3v) is 6.80. The van der Waals surface area contributed by atoms with E-state index in [1.165, 1.54) is 38.5 Å². The van der Waals surface area contributed by atoms with Gasteiger partial charge in [0.2, 0.25) is 5.88 Å². The summed E-state index contributed by atoms with van der Waals surface area (Å²) in [4.78, 5) is 8.82. The molecule has 1 aliphatic carbocycles. The molecule has 2 aromatic rings. The minimum atomic E-state index is -0.387. The van der Waals surface area contributed by atoms with Crippen LogP contribution in [0.3, 0.4) is 0 Å². The van der Waals surface area contributed by atoms with Crippen LogP contribution in [0.1, 0.15) is 69.0 Å². The molecule has 2 aromatic heterocycles. The fourth-order valence-electron chi connectivity index (χ4n) is 5.34. The Balaban J connectivity index is 1.43. The summed E-state index contributed by atoms with van der Waals surface area (Å²) in [5.74, 6) is -0.325. The lowest BCUT2D eigenvalue weighted by Gasteiger charge is -2.46. The normalized spacial score (nSPS) is 23.4. The Kier molecular flexibility index (Phi) is 6.14. The Hall–Kier alpha value is -2.01. The molecule has 1 saturated heterocycles. The van der Waals surface area contributed by atoms with E-state index in [9.17, 15) is 4.39 Å². The van der Waals surface area contributed by atoms with Crippen LogP contribution in [-0.2, 0) is 16.6 Å². The van der Waals surface area contributed by atoms with Crippen molar-refractivity contribution in [1.29, 1.82) is 0 Å². The van der Waals surface area contributed by atoms with Gasteiger partial charge in [-0.05, 0) is 68.7 Å². The zero-order chi connectivity index (χ0) is 20.2. The minimum Gasteiger partial charge on any atom is -0.479 e. The first-order valence-corrected chi connectivity index (χ1v) is 10.9. The molecule has 3 heterocycles. The molecule has 0 amide bonds. The van der Waals surface area contributed by atoms with Crippen molar-refractivity contribution in [3.63, 3.8) is 0 Å². The fraction of sp³-hybridized carbons (Fsp3) is 0.583. The summed E-state index contributed by atoms with van der Waals surface area (Å²) in [6, 6.07) is 7.83. The van der Waals surface area contributed by atoms with Gasteiger partial charge in [-0.2, -0.15) is 0 Å². The number of hydrogen-bond acceptors (Lipinski definition) is 4. The molecule has 0 radical (unpaired) electrons. The molecule has 5 heteroatoms. The minimum absolute atomic E-state index is 0.0544. The predicted molar refractivity (Wildman–Crippen MR) is 111 cm³/mol. The van der Waals surface area contributed by atoms with E-state index in [0.717, 1.165) is 50.7 Å². The summed E-state index contributed by atoms with van der Waals surface area (Å²) < 4.78 is 25.1. The lowest BCUT2D eigenvalue weighted by atomic mass is 9.67. The number of aryl methyl sites for hydroxylation is 1. The van der Waals surface area contributed by atoms with Crippen molar-refractivity contribution in [3.05, 3.63) is 53.7 Å². The standard InChI is InChI=1S/C24H31FN2O2/c1-28-22-20(25)16-19(17-27-22)8-2-4-10-23(21-9-3-7-14-26-21)13-15-29-24(18-23)11-5-6-12-24/h3,7,9,14,16-17H,2,4-6,8,10-13,15,18H2,1H3. The average Bonchev–Trinajstić information content (AvgIpc) is 3.19. The average molecular weight is 399 g/mol. The summed E-state index contributed by atoms with van der Waals surface area (Å²) in [6.07, 6.45) is 14.7.